The zero-order chi connectivity index (χ0) is 17.7. The number of benzene rings is 1. The molecule has 0 N–H and O–H groups in total. The Kier molecular flexibility index (Phi) is 6.37. The zero-order valence-electron chi connectivity index (χ0n) is 14.1. The second-order valence-corrected chi connectivity index (χ2v) is 5.70. The number of hydrogen-bond donors (Lipinski definition) is 0. The minimum Gasteiger partial charge on any atom is -0.497 e. The number of methoxy groups -OCH3 is 1. The summed E-state index contributed by atoms with van der Waals surface area (Å²) in [5.74, 6) is -3.67. The Morgan fingerprint density at radius 2 is 1.09 bits per heavy atom. The highest BCUT2D eigenvalue weighted by Crippen LogP contribution is 2.36. The van der Waals surface area contributed by atoms with Gasteiger partial charge >= 0.3 is 0 Å². The maximum absolute atomic E-state index is 12.0. The monoisotopic (exact) mass is 318 g/mol. The summed E-state index contributed by atoms with van der Waals surface area (Å²) in [5, 5.41) is 0. The third-order valence-corrected chi connectivity index (χ3v) is 3.97. The van der Waals surface area contributed by atoms with Crippen molar-refractivity contribution in [2.24, 2.45) is 11.8 Å². The molecular weight excluding hydrogens is 296 g/mol. The molecular formula is C18H22O5. The number of hydrogen-bond acceptors (Lipinski definition) is 5. The minimum atomic E-state index is -1.03. The maximum atomic E-state index is 12.0. The highest BCUT2D eigenvalue weighted by Gasteiger charge is 2.40. The molecule has 0 aliphatic heterocycles. The fourth-order valence-electron chi connectivity index (χ4n) is 2.99. The summed E-state index contributed by atoms with van der Waals surface area (Å²) in [4.78, 5) is 48.0. The van der Waals surface area contributed by atoms with Crippen LogP contribution in [-0.2, 0) is 19.2 Å². The summed E-state index contributed by atoms with van der Waals surface area (Å²) >= 11 is 0. The van der Waals surface area contributed by atoms with Gasteiger partial charge in [0.15, 0.2) is 0 Å². The molecule has 1 rings (SSSR count). The summed E-state index contributed by atoms with van der Waals surface area (Å²) in [5.41, 5.74) is 0.594. The molecule has 5 nitrogen and oxygen atoms in total. The molecule has 0 heterocycles. The standard InChI is InChI=1S/C18H22O5/c1-10(19)16(11(2)20)18(17(12(3)21)13(4)22)14-6-8-15(23-5)9-7-14/h6-9,16-18H,1-5H3. The molecule has 0 bridgehead atoms. The van der Waals surface area contributed by atoms with Crippen molar-refractivity contribution >= 4 is 23.1 Å². The zero-order valence-corrected chi connectivity index (χ0v) is 14.1. The molecule has 1 aromatic carbocycles. The van der Waals surface area contributed by atoms with Crippen molar-refractivity contribution < 1.29 is 23.9 Å². The van der Waals surface area contributed by atoms with Gasteiger partial charge in [0, 0.05) is 5.92 Å². The lowest BCUT2D eigenvalue weighted by atomic mass is 9.71. The molecule has 0 fully saturated rings. The van der Waals surface area contributed by atoms with Crippen molar-refractivity contribution in [1.29, 1.82) is 0 Å². The first kappa shape index (κ1) is 18.7. The Hall–Kier alpha value is -2.30. The number of Topliss-reactive ketones (excluding diaryl/α,β-unsaturated/α-hetero) is 4. The first-order valence-electron chi connectivity index (χ1n) is 7.36. The highest BCUT2D eigenvalue weighted by molar-refractivity contribution is 6.06. The normalized spacial score (nSPS) is 11.0. The Morgan fingerprint density at radius 1 is 0.739 bits per heavy atom. The number of rotatable bonds is 8. The summed E-state index contributed by atoms with van der Waals surface area (Å²) < 4.78 is 5.09. The van der Waals surface area contributed by atoms with Gasteiger partial charge in [-0.25, -0.2) is 0 Å². The molecule has 0 aromatic heterocycles. The van der Waals surface area contributed by atoms with Crippen LogP contribution in [0.25, 0.3) is 0 Å². The van der Waals surface area contributed by atoms with Crippen LogP contribution in [-0.4, -0.2) is 30.2 Å². The van der Waals surface area contributed by atoms with Gasteiger partial charge in [-0.15, -0.1) is 0 Å². The predicted molar refractivity (Wildman–Crippen MR) is 85.4 cm³/mol. The molecule has 0 atom stereocenters. The van der Waals surface area contributed by atoms with Crippen LogP contribution in [0.5, 0.6) is 5.75 Å². The molecule has 0 unspecified atom stereocenters. The van der Waals surface area contributed by atoms with Crippen LogP contribution in [0.4, 0.5) is 0 Å². The quantitative estimate of drug-likeness (QED) is 0.688. The average molecular weight is 318 g/mol. The van der Waals surface area contributed by atoms with Gasteiger partial charge < -0.3 is 4.74 Å². The molecule has 0 amide bonds. The lowest BCUT2D eigenvalue weighted by Gasteiger charge is -2.29. The van der Waals surface area contributed by atoms with Crippen molar-refractivity contribution in [2.45, 2.75) is 33.6 Å². The molecule has 0 aliphatic carbocycles. The fraction of sp³-hybridized carbons (Fsp3) is 0.444. The van der Waals surface area contributed by atoms with Gasteiger partial charge in [-0.2, -0.15) is 0 Å². The van der Waals surface area contributed by atoms with Crippen LogP contribution in [0.15, 0.2) is 24.3 Å². The average Bonchev–Trinajstić information content (AvgIpc) is 2.45. The largest absolute Gasteiger partial charge is 0.497 e. The van der Waals surface area contributed by atoms with Crippen LogP contribution in [0.2, 0.25) is 0 Å². The van der Waals surface area contributed by atoms with E-state index in [1.165, 1.54) is 34.8 Å². The van der Waals surface area contributed by atoms with Gasteiger partial charge in [0.25, 0.3) is 0 Å². The van der Waals surface area contributed by atoms with Crippen molar-refractivity contribution in [2.75, 3.05) is 7.11 Å². The molecule has 5 heteroatoms. The van der Waals surface area contributed by atoms with E-state index < -0.39 is 17.8 Å². The number of carbonyl (C=O) groups excluding carboxylic acids is 4. The first-order valence-corrected chi connectivity index (χ1v) is 7.36. The first-order chi connectivity index (χ1) is 10.7. The van der Waals surface area contributed by atoms with E-state index in [0.717, 1.165) is 0 Å². The molecule has 0 radical (unpaired) electrons. The number of carbonyl (C=O) groups is 4. The number of ketones is 4. The summed E-state index contributed by atoms with van der Waals surface area (Å²) in [7, 11) is 1.52. The van der Waals surface area contributed by atoms with Crippen LogP contribution in [0, 0.1) is 11.8 Å². The summed E-state index contributed by atoms with van der Waals surface area (Å²) in [6.45, 7) is 5.22. The van der Waals surface area contributed by atoms with Crippen LogP contribution in [0.3, 0.4) is 0 Å². The lowest BCUT2D eigenvalue weighted by molar-refractivity contribution is -0.135. The van der Waals surface area contributed by atoms with E-state index >= 15 is 0 Å². The Bertz CT molecular complexity index is 555. The van der Waals surface area contributed by atoms with Gasteiger partial charge in [-0.1, -0.05) is 12.1 Å². The third kappa shape index (κ3) is 4.34. The van der Waals surface area contributed by atoms with E-state index in [2.05, 4.69) is 0 Å². The van der Waals surface area contributed by atoms with Gasteiger partial charge in [-0.05, 0) is 45.4 Å². The second-order valence-electron chi connectivity index (χ2n) is 5.70. The van der Waals surface area contributed by atoms with E-state index in [-0.39, 0.29) is 23.1 Å². The van der Waals surface area contributed by atoms with E-state index in [1.807, 2.05) is 0 Å². The van der Waals surface area contributed by atoms with Crippen LogP contribution < -0.4 is 4.74 Å². The topological polar surface area (TPSA) is 77.5 Å². The molecule has 23 heavy (non-hydrogen) atoms. The SMILES string of the molecule is COc1ccc(C(C(C(C)=O)C(C)=O)C(C(C)=O)C(C)=O)cc1. The summed E-state index contributed by atoms with van der Waals surface area (Å²) in [6, 6.07) is 6.72. The van der Waals surface area contributed by atoms with Gasteiger partial charge in [0.2, 0.25) is 0 Å². The lowest BCUT2D eigenvalue weighted by Crippen LogP contribution is -2.37. The maximum Gasteiger partial charge on any atom is 0.140 e. The van der Waals surface area contributed by atoms with Crippen LogP contribution >= 0.6 is 0 Å². The second kappa shape index (κ2) is 7.81. The molecule has 0 saturated heterocycles. The molecule has 0 spiro atoms. The van der Waals surface area contributed by atoms with E-state index in [0.29, 0.717) is 11.3 Å². The number of ether oxygens (including phenoxy) is 1. The summed E-state index contributed by atoms with van der Waals surface area (Å²) in [6.07, 6.45) is 0. The van der Waals surface area contributed by atoms with Crippen molar-refractivity contribution in [3.05, 3.63) is 29.8 Å². The Morgan fingerprint density at radius 3 is 1.35 bits per heavy atom. The van der Waals surface area contributed by atoms with E-state index in [4.69, 9.17) is 4.74 Å². The van der Waals surface area contributed by atoms with Crippen molar-refractivity contribution in [1.82, 2.24) is 0 Å². The van der Waals surface area contributed by atoms with Crippen molar-refractivity contribution in [3.8, 4) is 5.75 Å². The smallest absolute Gasteiger partial charge is 0.140 e. The van der Waals surface area contributed by atoms with Gasteiger partial charge in [0.1, 0.15) is 28.9 Å². The molecule has 0 aliphatic rings. The van der Waals surface area contributed by atoms with Gasteiger partial charge in [-0.3, -0.25) is 19.2 Å². The van der Waals surface area contributed by atoms with Crippen molar-refractivity contribution in [3.63, 3.8) is 0 Å². The fourth-order valence-corrected chi connectivity index (χ4v) is 2.99. The minimum absolute atomic E-state index is 0.356. The predicted octanol–water partition coefficient (Wildman–Crippen LogP) is 2.37. The van der Waals surface area contributed by atoms with E-state index in [1.54, 1.807) is 24.3 Å². The third-order valence-electron chi connectivity index (χ3n) is 3.97. The molecule has 1 aromatic rings. The van der Waals surface area contributed by atoms with Crippen LogP contribution in [0.1, 0.15) is 39.2 Å². The Labute approximate surface area is 136 Å². The Balaban J connectivity index is 3.50. The molecule has 124 valence electrons. The van der Waals surface area contributed by atoms with E-state index in [9.17, 15) is 19.2 Å². The highest BCUT2D eigenvalue weighted by atomic mass is 16.5. The molecule has 0 saturated carbocycles. The van der Waals surface area contributed by atoms with Gasteiger partial charge in [0.05, 0.1) is 18.9 Å².